The van der Waals surface area contributed by atoms with Crippen LogP contribution in [-0.2, 0) is 9.53 Å². The standard InChI is InChI=1S/C9H13NO2/c1-6(11)9-8-4-3-7(5-12-8)10(9)2/h3-4,7-9H,5H2,1-2H3. The van der Waals surface area contributed by atoms with Crippen molar-refractivity contribution in [2.24, 2.45) is 0 Å². The summed E-state index contributed by atoms with van der Waals surface area (Å²) >= 11 is 0. The third-order valence-electron chi connectivity index (χ3n) is 2.67. The highest BCUT2D eigenvalue weighted by Crippen LogP contribution is 2.24. The van der Waals surface area contributed by atoms with Gasteiger partial charge in [0, 0.05) is 0 Å². The van der Waals surface area contributed by atoms with Crippen LogP contribution in [0.4, 0.5) is 0 Å². The summed E-state index contributed by atoms with van der Waals surface area (Å²) in [5.41, 5.74) is 0. The molecule has 3 aliphatic rings. The Labute approximate surface area is 72.0 Å². The fourth-order valence-corrected chi connectivity index (χ4v) is 1.96. The highest BCUT2D eigenvalue weighted by atomic mass is 16.5. The molecule has 3 unspecified atom stereocenters. The maximum Gasteiger partial charge on any atom is 0.149 e. The lowest BCUT2D eigenvalue weighted by molar-refractivity contribution is -0.135. The normalized spacial score (nSPS) is 40.3. The Morgan fingerprint density at radius 3 is 2.67 bits per heavy atom. The third-order valence-corrected chi connectivity index (χ3v) is 2.67. The maximum atomic E-state index is 11.2. The van der Waals surface area contributed by atoms with Crippen molar-refractivity contribution in [1.82, 2.24) is 4.90 Å². The molecule has 0 saturated carbocycles. The van der Waals surface area contributed by atoms with Crippen LogP contribution in [0.25, 0.3) is 0 Å². The van der Waals surface area contributed by atoms with Crippen LogP contribution in [0.5, 0.6) is 0 Å². The monoisotopic (exact) mass is 167 g/mol. The number of likely N-dealkylation sites (N-methyl/N-ethyl adjacent to an activating group) is 1. The summed E-state index contributed by atoms with van der Waals surface area (Å²) in [7, 11) is 1.98. The van der Waals surface area contributed by atoms with Crippen molar-refractivity contribution in [3.8, 4) is 0 Å². The van der Waals surface area contributed by atoms with E-state index >= 15 is 0 Å². The van der Waals surface area contributed by atoms with Crippen molar-refractivity contribution < 1.29 is 9.53 Å². The number of ether oxygens (including phenoxy) is 1. The van der Waals surface area contributed by atoms with Crippen LogP contribution in [0.15, 0.2) is 12.2 Å². The van der Waals surface area contributed by atoms with Gasteiger partial charge in [0.25, 0.3) is 0 Å². The predicted octanol–water partition coefficient (Wildman–Crippen LogP) is 0.213. The SMILES string of the molecule is CC(=O)C1C2C=CC(CO2)N1C. The first-order chi connectivity index (χ1) is 5.70. The first kappa shape index (κ1) is 7.95. The lowest BCUT2D eigenvalue weighted by atomic mass is 9.95. The van der Waals surface area contributed by atoms with E-state index in [-0.39, 0.29) is 17.9 Å². The molecule has 3 nitrogen and oxygen atoms in total. The van der Waals surface area contributed by atoms with E-state index in [9.17, 15) is 4.79 Å². The number of morpholine rings is 1. The van der Waals surface area contributed by atoms with E-state index in [2.05, 4.69) is 11.0 Å². The van der Waals surface area contributed by atoms with Gasteiger partial charge in [0.05, 0.1) is 24.8 Å². The summed E-state index contributed by atoms with van der Waals surface area (Å²) < 4.78 is 5.47. The van der Waals surface area contributed by atoms with Crippen LogP contribution in [0.3, 0.4) is 0 Å². The lowest BCUT2D eigenvalue weighted by Gasteiger charge is -2.44. The molecule has 0 aromatic heterocycles. The van der Waals surface area contributed by atoms with Crippen molar-refractivity contribution in [2.75, 3.05) is 13.7 Å². The molecular weight excluding hydrogens is 154 g/mol. The van der Waals surface area contributed by atoms with Crippen LogP contribution in [0, 0.1) is 0 Å². The second-order valence-electron chi connectivity index (χ2n) is 3.47. The van der Waals surface area contributed by atoms with Gasteiger partial charge >= 0.3 is 0 Å². The van der Waals surface area contributed by atoms with Gasteiger partial charge < -0.3 is 4.74 Å². The van der Waals surface area contributed by atoms with Gasteiger partial charge in [-0.1, -0.05) is 12.2 Å². The van der Waals surface area contributed by atoms with Crippen molar-refractivity contribution in [2.45, 2.75) is 25.1 Å². The quantitative estimate of drug-likeness (QED) is 0.523. The maximum absolute atomic E-state index is 11.2. The fourth-order valence-electron chi connectivity index (χ4n) is 1.96. The second kappa shape index (κ2) is 2.68. The Hall–Kier alpha value is -0.670. The molecule has 3 aliphatic heterocycles. The number of hydrogen-bond donors (Lipinski definition) is 0. The number of ketones is 1. The average Bonchev–Trinajstić information content (AvgIpc) is 2.05. The number of nitrogens with zero attached hydrogens (tertiary/aromatic N) is 1. The first-order valence-corrected chi connectivity index (χ1v) is 4.22. The number of carbonyl (C=O) groups excluding carboxylic acids is 1. The Bertz CT molecular complexity index is 237. The molecule has 2 bridgehead atoms. The number of fused-ring (bicyclic) bond motifs is 2. The van der Waals surface area contributed by atoms with Gasteiger partial charge in [-0.3, -0.25) is 9.69 Å². The van der Waals surface area contributed by atoms with Crippen molar-refractivity contribution in [1.29, 1.82) is 0 Å². The smallest absolute Gasteiger partial charge is 0.149 e. The molecule has 0 aromatic rings. The molecular formula is C9H13NO2. The predicted molar refractivity (Wildman–Crippen MR) is 44.9 cm³/mol. The number of rotatable bonds is 1. The molecule has 3 atom stereocenters. The van der Waals surface area contributed by atoms with Crippen LogP contribution in [0.1, 0.15) is 6.92 Å². The first-order valence-electron chi connectivity index (χ1n) is 4.22. The van der Waals surface area contributed by atoms with Gasteiger partial charge in [0.2, 0.25) is 0 Å². The molecule has 3 rings (SSSR count). The second-order valence-corrected chi connectivity index (χ2v) is 3.47. The van der Waals surface area contributed by atoms with E-state index in [0.717, 1.165) is 6.61 Å². The minimum atomic E-state index is -0.0613. The molecule has 3 heteroatoms. The van der Waals surface area contributed by atoms with Gasteiger partial charge in [-0.2, -0.15) is 0 Å². The third kappa shape index (κ3) is 1.01. The van der Waals surface area contributed by atoms with E-state index in [0.29, 0.717) is 6.04 Å². The van der Waals surface area contributed by atoms with E-state index in [4.69, 9.17) is 4.74 Å². The topological polar surface area (TPSA) is 29.5 Å². The zero-order chi connectivity index (χ0) is 8.72. The highest BCUT2D eigenvalue weighted by Gasteiger charge is 2.39. The zero-order valence-electron chi connectivity index (χ0n) is 7.36. The van der Waals surface area contributed by atoms with E-state index < -0.39 is 0 Å². The molecule has 0 spiro atoms. The van der Waals surface area contributed by atoms with Crippen molar-refractivity contribution in [3.05, 3.63) is 12.2 Å². The summed E-state index contributed by atoms with van der Waals surface area (Å²) in [6.07, 6.45) is 4.10. The van der Waals surface area contributed by atoms with E-state index in [1.807, 2.05) is 13.1 Å². The van der Waals surface area contributed by atoms with Gasteiger partial charge in [0.15, 0.2) is 0 Å². The molecule has 0 N–H and O–H groups in total. The Balaban J connectivity index is 2.26. The molecule has 0 amide bonds. The number of hydrogen-bond acceptors (Lipinski definition) is 3. The van der Waals surface area contributed by atoms with Crippen LogP contribution < -0.4 is 0 Å². The van der Waals surface area contributed by atoms with E-state index in [1.165, 1.54) is 0 Å². The average molecular weight is 167 g/mol. The lowest BCUT2D eigenvalue weighted by Crippen LogP contribution is -2.59. The molecule has 0 aromatic carbocycles. The van der Waals surface area contributed by atoms with Crippen LogP contribution in [0.2, 0.25) is 0 Å². The number of carbonyl (C=O) groups is 1. The van der Waals surface area contributed by atoms with Crippen LogP contribution in [-0.4, -0.2) is 42.5 Å². The molecule has 66 valence electrons. The minimum Gasteiger partial charge on any atom is -0.370 e. The Kier molecular flexibility index (Phi) is 1.77. The summed E-state index contributed by atoms with van der Waals surface area (Å²) in [4.78, 5) is 13.3. The van der Waals surface area contributed by atoms with Gasteiger partial charge in [-0.25, -0.2) is 0 Å². The van der Waals surface area contributed by atoms with Crippen molar-refractivity contribution >= 4 is 5.78 Å². The van der Waals surface area contributed by atoms with Gasteiger partial charge in [-0.15, -0.1) is 0 Å². The molecule has 1 fully saturated rings. The summed E-state index contributed by atoms with van der Waals surface area (Å²) in [5.74, 6) is 0.191. The minimum absolute atomic E-state index is 0.0162. The largest absolute Gasteiger partial charge is 0.370 e. The van der Waals surface area contributed by atoms with Gasteiger partial charge in [0.1, 0.15) is 5.78 Å². The van der Waals surface area contributed by atoms with Crippen molar-refractivity contribution in [3.63, 3.8) is 0 Å². The summed E-state index contributed by atoms with van der Waals surface area (Å²) in [6.45, 7) is 2.35. The number of Topliss-reactive ketones (excluding diaryl/α,β-unsaturated/α-hetero) is 1. The summed E-state index contributed by atoms with van der Waals surface area (Å²) in [6, 6.07) is 0.234. The molecule has 3 heterocycles. The molecule has 12 heavy (non-hydrogen) atoms. The molecule has 0 aliphatic carbocycles. The molecule has 0 radical (unpaired) electrons. The highest BCUT2D eigenvalue weighted by molar-refractivity contribution is 5.83. The Morgan fingerprint density at radius 1 is 1.58 bits per heavy atom. The Morgan fingerprint density at radius 2 is 2.33 bits per heavy atom. The summed E-state index contributed by atoms with van der Waals surface area (Å²) in [5, 5.41) is 0. The molecule has 1 saturated heterocycles. The van der Waals surface area contributed by atoms with E-state index in [1.54, 1.807) is 6.92 Å². The van der Waals surface area contributed by atoms with Gasteiger partial charge in [-0.05, 0) is 14.0 Å². The van der Waals surface area contributed by atoms with Crippen LogP contribution >= 0.6 is 0 Å². The fraction of sp³-hybridized carbons (Fsp3) is 0.667. The zero-order valence-corrected chi connectivity index (χ0v) is 7.36.